The average Bonchev–Trinajstić information content (AvgIpc) is 3.16. The van der Waals surface area contributed by atoms with Crippen LogP contribution in [0.1, 0.15) is 68.4 Å². The predicted octanol–water partition coefficient (Wildman–Crippen LogP) is 7.45. The maximum atomic E-state index is 4.50. The van der Waals surface area contributed by atoms with Crippen molar-refractivity contribution >= 4 is 18.2 Å². The number of nitrogens with one attached hydrogen (secondary N) is 1. The maximum absolute atomic E-state index is 4.50. The second-order valence-corrected chi connectivity index (χ2v) is 5.79. The van der Waals surface area contributed by atoms with Crippen LogP contribution in [0, 0.1) is 20.8 Å². The van der Waals surface area contributed by atoms with E-state index in [-0.39, 0.29) is 0 Å². The highest BCUT2D eigenvalue weighted by molar-refractivity contribution is 5.83. The Balaban J connectivity index is 0. The third-order valence-corrected chi connectivity index (χ3v) is 4.38. The van der Waals surface area contributed by atoms with Gasteiger partial charge in [0.25, 0.3) is 0 Å². The molecule has 3 heteroatoms. The molecule has 0 saturated heterocycles. The molecule has 3 nitrogen and oxygen atoms in total. The van der Waals surface area contributed by atoms with Crippen LogP contribution in [0.4, 0.5) is 0 Å². The van der Waals surface area contributed by atoms with E-state index < -0.39 is 0 Å². The molecule has 0 aliphatic carbocycles. The number of rotatable bonds is 5. The number of hydrogen-bond donors (Lipinski definition) is 2. The van der Waals surface area contributed by atoms with Crippen LogP contribution in [-0.4, -0.2) is 16.6 Å². The van der Waals surface area contributed by atoms with Crippen molar-refractivity contribution < 1.29 is 0 Å². The summed E-state index contributed by atoms with van der Waals surface area (Å²) in [7, 11) is 3.61. The zero-order valence-electron chi connectivity index (χ0n) is 20.4. The van der Waals surface area contributed by atoms with Gasteiger partial charge in [0.05, 0.1) is 5.69 Å². The van der Waals surface area contributed by atoms with Crippen molar-refractivity contribution in [2.75, 3.05) is 7.05 Å². The molecule has 2 heterocycles. The summed E-state index contributed by atoms with van der Waals surface area (Å²) in [6.07, 6.45) is 12.0. The summed E-state index contributed by atoms with van der Waals surface area (Å²) in [5, 5.41) is 0. The van der Waals surface area contributed by atoms with Gasteiger partial charge in [-0.3, -0.25) is 0 Å². The first-order chi connectivity index (χ1) is 14.0. The highest BCUT2D eigenvalue weighted by Gasteiger charge is 2.21. The van der Waals surface area contributed by atoms with Gasteiger partial charge in [-0.15, -0.1) is 0 Å². The molecule has 2 aromatic rings. The van der Waals surface area contributed by atoms with Crippen LogP contribution in [-0.2, 0) is 7.05 Å². The Hall–Kier alpha value is -2.52. The second-order valence-electron chi connectivity index (χ2n) is 5.79. The summed E-state index contributed by atoms with van der Waals surface area (Å²) in [4.78, 5) is 3.49. The van der Waals surface area contributed by atoms with Crippen LogP contribution in [0.25, 0.3) is 29.5 Å². The van der Waals surface area contributed by atoms with Crippen molar-refractivity contribution in [3.8, 4) is 11.3 Å². The topological polar surface area (TPSA) is 46.7 Å². The maximum Gasteiger partial charge on any atom is 0.0579 e. The highest BCUT2D eigenvalue weighted by atomic mass is 15.0. The number of allylic oxidation sites excluding steroid dienone is 3. The average molecular weight is 398 g/mol. The SMILES string of the molecule is C=C/C=C\c1c(C)c(C=C)c(-c2c(C)[nH]c(/C=C\C)c2C)n1C.CC.CC.CN. The summed E-state index contributed by atoms with van der Waals surface area (Å²) >= 11 is 0. The lowest BCUT2D eigenvalue weighted by atomic mass is 10.0. The largest absolute Gasteiger partial charge is 0.358 e. The van der Waals surface area contributed by atoms with Crippen LogP contribution in [0.5, 0.6) is 0 Å². The van der Waals surface area contributed by atoms with Crippen LogP contribution < -0.4 is 5.73 Å². The van der Waals surface area contributed by atoms with Gasteiger partial charge in [-0.2, -0.15) is 0 Å². The molecule has 0 aromatic carbocycles. The van der Waals surface area contributed by atoms with Gasteiger partial charge in [0, 0.05) is 35.3 Å². The molecule has 0 bridgehead atoms. The van der Waals surface area contributed by atoms with E-state index in [4.69, 9.17) is 0 Å². The van der Waals surface area contributed by atoms with E-state index in [1.54, 1.807) is 6.08 Å². The lowest BCUT2D eigenvalue weighted by Crippen LogP contribution is -1.96. The first kappa shape index (κ1) is 28.7. The van der Waals surface area contributed by atoms with Gasteiger partial charge in [-0.1, -0.05) is 65.2 Å². The molecule has 0 aliphatic rings. The molecule has 0 atom stereocenters. The normalized spacial score (nSPS) is 9.90. The Bertz CT molecular complexity index is 812. The smallest absolute Gasteiger partial charge is 0.0579 e. The summed E-state index contributed by atoms with van der Waals surface area (Å²) < 4.78 is 2.24. The highest BCUT2D eigenvalue weighted by Crippen LogP contribution is 2.37. The number of aryl methyl sites for hydroxylation is 1. The summed E-state index contributed by atoms with van der Waals surface area (Å²) in [6, 6.07) is 0. The van der Waals surface area contributed by atoms with E-state index in [0.717, 1.165) is 5.69 Å². The lowest BCUT2D eigenvalue weighted by Gasteiger charge is -2.08. The fraction of sp³-hybridized carbons (Fsp3) is 0.385. The Morgan fingerprint density at radius 1 is 0.931 bits per heavy atom. The minimum Gasteiger partial charge on any atom is -0.358 e. The molecule has 0 saturated carbocycles. The summed E-state index contributed by atoms with van der Waals surface area (Å²) in [6.45, 7) is 24.3. The molecule has 0 unspecified atom stereocenters. The quantitative estimate of drug-likeness (QED) is 0.506. The van der Waals surface area contributed by atoms with Crippen LogP contribution in [0.2, 0.25) is 0 Å². The fourth-order valence-electron chi connectivity index (χ4n) is 3.28. The molecule has 0 radical (unpaired) electrons. The Morgan fingerprint density at radius 2 is 1.48 bits per heavy atom. The first-order valence-corrected chi connectivity index (χ1v) is 10.5. The molecule has 0 aliphatic heterocycles. The molecule has 0 amide bonds. The summed E-state index contributed by atoms with van der Waals surface area (Å²) in [5.74, 6) is 0. The monoisotopic (exact) mass is 397 g/mol. The standard InChI is InChI=1S/C21H26N2.2C2H6.CH5N/c1-8-11-13-19-14(4)17(10-3)21(23(19)7)20-15(5)18(12-9-2)22-16(20)6;3*1-2/h8-13,22H,1,3H2,2,4-7H3;2*1-2H3;2H2,1H3/b12-9-,13-11-;;;. The third-order valence-electron chi connectivity index (χ3n) is 4.38. The Morgan fingerprint density at radius 3 is 1.93 bits per heavy atom. The number of aromatic amines is 1. The van der Waals surface area contributed by atoms with Gasteiger partial charge in [0.15, 0.2) is 0 Å². The van der Waals surface area contributed by atoms with Crippen LogP contribution >= 0.6 is 0 Å². The van der Waals surface area contributed by atoms with Gasteiger partial charge in [-0.05, 0) is 58.0 Å². The van der Waals surface area contributed by atoms with Gasteiger partial charge in [0.1, 0.15) is 0 Å². The number of hydrogen-bond acceptors (Lipinski definition) is 1. The van der Waals surface area contributed by atoms with Crippen molar-refractivity contribution in [2.24, 2.45) is 12.8 Å². The van der Waals surface area contributed by atoms with Crippen LogP contribution in [0.3, 0.4) is 0 Å². The number of H-pyrrole nitrogens is 1. The third kappa shape index (κ3) is 6.50. The van der Waals surface area contributed by atoms with Gasteiger partial charge >= 0.3 is 0 Å². The Kier molecular flexibility index (Phi) is 15.2. The van der Waals surface area contributed by atoms with Crippen molar-refractivity contribution in [3.63, 3.8) is 0 Å². The van der Waals surface area contributed by atoms with Gasteiger partial charge < -0.3 is 15.3 Å². The first-order valence-electron chi connectivity index (χ1n) is 10.5. The van der Waals surface area contributed by atoms with E-state index in [1.165, 1.54) is 46.4 Å². The second kappa shape index (κ2) is 15.4. The molecule has 2 rings (SSSR count). The number of nitrogens with zero attached hydrogens (tertiary/aromatic N) is 1. The number of nitrogens with two attached hydrogens (primary N) is 1. The number of aromatic nitrogens is 2. The predicted molar refractivity (Wildman–Crippen MR) is 136 cm³/mol. The van der Waals surface area contributed by atoms with Crippen molar-refractivity contribution in [1.82, 2.24) is 9.55 Å². The zero-order valence-corrected chi connectivity index (χ0v) is 20.4. The van der Waals surface area contributed by atoms with E-state index in [0.29, 0.717) is 0 Å². The fourth-order valence-corrected chi connectivity index (χ4v) is 3.28. The molecule has 3 N–H and O–H groups in total. The van der Waals surface area contributed by atoms with Gasteiger partial charge in [0.2, 0.25) is 0 Å². The lowest BCUT2D eigenvalue weighted by molar-refractivity contribution is 0.917. The van der Waals surface area contributed by atoms with E-state index in [9.17, 15) is 0 Å². The molecular formula is C26H43N3. The molecule has 29 heavy (non-hydrogen) atoms. The van der Waals surface area contributed by atoms with Crippen molar-refractivity contribution in [2.45, 2.75) is 55.4 Å². The van der Waals surface area contributed by atoms with E-state index in [1.807, 2.05) is 46.8 Å². The zero-order chi connectivity index (χ0) is 23.1. The molecule has 2 aromatic heterocycles. The molecule has 0 spiro atoms. The van der Waals surface area contributed by atoms with Crippen molar-refractivity contribution in [3.05, 3.63) is 65.2 Å². The summed E-state index contributed by atoms with van der Waals surface area (Å²) in [5.41, 5.74) is 14.2. The van der Waals surface area contributed by atoms with Gasteiger partial charge in [-0.25, -0.2) is 0 Å². The molecule has 0 fully saturated rings. The molecule has 162 valence electrons. The van der Waals surface area contributed by atoms with E-state index in [2.05, 4.69) is 74.5 Å². The van der Waals surface area contributed by atoms with E-state index >= 15 is 0 Å². The van der Waals surface area contributed by atoms with Crippen molar-refractivity contribution in [1.29, 1.82) is 0 Å². The minimum absolute atomic E-state index is 1.16. The Labute approximate surface area is 179 Å². The minimum atomic E-state index is 1.16. The van der Waals surface area contributed by atoms with Crippen LogP contribution in [0.15, 0.2) is 31.4 Å². The molecular weight excluding hydrogens is 354 g/mol.